The molecule has 0 saturated heterocycles. The molecule has 1 heterocycles. The Balaban J connectivity index is 1.57. The summed E-state index contributed by atoms with van der Waals surface area (Å²) in [4.78, 5) is 35.9. The fraction of sp³-hybridized carbons (Fsp3) is 0.0800. The van der Waals surface area contributed by atoms with E-state index in [1.165, 1.54) is 24.3 Å². The third-order valence-corrected chi connectivity index (χ3v) is 4.98. The molecule has 7 nitrogen and oxygen atoms in total. The van der Waals surface area contributed by atoms with Crippen molar-refractivity contribution in [1.82, 2.24) is 0 Å². The maximum Gasteiger partial charge on any atom is 0.307 e. The zero-order valence-corrected chi connectivity index (χ0v) is 17.1. The largest absolute Gasteiger partial charge is 0.506 e. The molecule has 0 atom stereocenters. The molecule has 1 aromatic heterocycles. The number of phenolic OH excluding ortho intramolecular Hbond substituents is 1. The SMILES string of the molecule is Cc1ccc2oc(-c3ccc(C(=O)Nc4cc(CC(=O)O)ccc4O)cc3)cc(=O)c2c1. The summed E-state index contributed by atoms with van der Waals surface area (Å²) >= 11 is 0. The second-order valence-electron chi connectivity index (χ2n) is 7.43. The number of carboxylic acids is 1. The minimum absolute atomic E-state index is 0.119. The maximum absolute atomic E-state index is 12.6. The number of fused-ring (bicyclic) bond motifs is 1. The number of carboxylic acid groups (broad SMARTS) is 1. The van der Waals surface area contributed by atoms with Gasteiger partial charge in [0.05, 0.1) is 17.5 Å². The molecule has 160 valence electrons. The van der Waals surface area contributed by atoms with Crippen LogP contribution >= 0.6 is 0 Å². The molecule has 4 aromatic rings. The summed E-state index contributed by atoms with van der Waals surface area (Å²) in [5.41, 5.74) is 2.81. The molecule has 3 aromatic carbocycles. The Labute approximate surface area is 182 Å². The molecular weight excluding hydrogens is 410 g/mol. The summed E-state index contributed by atoms with van der Waals surface area (Å²) < 4.78 is 5.86. The molecule has 0 unspecified atom stereocenters. The highest BCUT2D eigenvalue weighted by Crippen LogP contribution is 2.26. The van der Waals surface area contributed by atoms with E-state index in [4.69, 9.17) is 9.52 Å². The summed E-state index contributed by atoms with van der Waals surface area (Å²) in [5.74, 6) is -1.27. The number of phenols is 1. The van der Waals surface area contributed by atoms with E-state index in [9.17, 15) is 19.5 Å². The van der Waals surface area contributed by atoms with Gasteiger partial charge in [0, 0.05) is 17.2 Å². The number of amides is 1. The van der Waals surface area contributed by atoms with Gasteiger partial charge >= 0.3 is 5.97 Å². The van der Waals surface area contributed by atoms with E-state index in [0.717, 1.165) is 5.56 Å². The van der Waals surface area contributed by atoms with Crippen molar-refractivity contribution in [3.05, 3.63) is 93.6 Å². The summed E-state index contributed by atoms with van der Waals surface area (Å²) in [6.07, 6.45) is -0.228. The second kappa shape index (κ2) is 8.39. The third-order valence-electron chi connectivity index (χ3n) is 4.98. The highest BCUT2D eigenvalue weighted by atomic mass is 16.4. The molecule has 32 heavy (non-hydrogen) atoms. The van der Waals surface area contributed by atoms with Gasteiger partial charge in [-0.25, -0.2) is 0 Å². The molecule has 0 aliphatic carbocycles. The zero-order valence-electron chi connectivity index (χ0n) is 17.1. The number of carbonyl (C=O) groups is 2. The molecule has 3 N–H and O–H groups in total. The molecule has 0 fully saturated rings. The Hall–Kier alpha value is -4.39. The fourth-order valence-corrected chi connectivity index (χ4v) is 3.36. The number of nitrogens with one attached hydrogen (secondary N) is 1. The van der Waals surface area contributed by atoms with Crippen molar-refractivity contribution in [1.29, 1.82) is 0 Å². The van der Waals surface area contributed by atoms with Crippen LogP contribution in [0.2, 0.25) is 0 Å². The van der Waals surface area contributed by atoms with Crippen molar-refractivity contribution in [2.45, 2.75) is 13.3 Å². The molecule has 0 radical (unpaired) electrons. The highest BCUT2D eigenvalue weighted by Gasteiger charge is 2.13. The molecule has 0 bridgehead atoms. The van der Waals surface area contributed by atoms with Crippen LogP contribution in [0.5, 0.6) is 5.75 Å². The Morgan fingerprint density at radius 3 is 2.44 bits per heavy atom. The van der Waals surface area contributed by atoms with E-state index in [0.29, 0.717) is 33.4 Å². The van der Waals surface area contributed by atoms with Crippen LogP contribution in [0.15, 0.2) is 75.9 Å². The van der Waals surface area contributed by atoms with Gasteiger partial charge in [-0.3, -0.25) is 14.4 Å². The van der Waals surface area contributed by atoms with Gasteiger partial charge in [-0.05, 0) is 48.9 Å². The Morgan fingerprint density at radius 2 is 1.72 bits per heavy atom. The van der Waals surface area contributed by atoms with Gasteiger partial charge in [0.2, 0.25) is 0 Å². The van der Waals surface area contributed by atoms with Gasteiger partial charge in [0.15, 0.2) is 5.43 Å². The maximum atomic E-state index is 12.6. The first-order valence-corrected chi connectivity index (χ1v) is 9.80. The second-order valence-corrected chi connectivity index (χ2v) is 7.43. The number of hydrogen-bond donors (Lipinski definition) is 3. The van der Waals surface area contributed by atoms with E-state index in [1.54, 1.807) is 36.4 Å². The summed E-state index contributed by atoms with van der Waals surface area (Å²) in [5, 5.41) is 22.0. The van der Waals surface area contributed by atoms with Gasteiger partial charge < -0.3 is 19.9 Å². The lowest BCUT2D eigenvalue weighted by molar-refractivity contribution is -0.136. The van der Waals surface area contributed by atoms with Crippen molar-refractivity contribution in [2.75, 3.05) is 5.32 Å². The van der Waals surface area contributed by atoms with Crippen molar-refractivity contribution in [2.24, 2.45) is 0 Å². The number of benzene rings is 3. The Morgan fingerprint density at radius 1 is 0.969 bits per heavy atom. The topological polar surface area (TPSA) is 117 Å². The summed E-state index contributed by atoms with van der Waals surface area (Å²) in [7, 11) is 0. The number of rotatable bonds is 5. The van der Waals surface area contributed by atoms with Crippen molar-refractivity contribution in [3.63, 3.8) is 0 Å². The van der Waals surface area contributed by atoms with E-state index < -0.39 is 11.9 Å². The van der Waals surface area contributed by atoms with Crippen molar-refractivity contribution in [3.8, 4) is 17.1 Å². The number of hydrogen-bond acceptors (Lipinski definition) is 5. The fourth-order valence-electron chi connectivity index (χ4n) is 3.36. The van der Waals surface area contributed by atoms with Crippen LogP contribution in [0.3, 0.4) is 0 Å². The molecule has 0 aliphatic heterocycles. The molecule has 1 amide bonds. The quantitative estimate of drug-likeness (QED) is 0.406. The van der Waals surface area contributed by atoms with Crippen molar-refractivity contribution >= 4 is 28.5 Å². The lowest BCUT2D eigenvalue weighted by Crippen LogP contribution is -2.12. The lowest BCUT2D eigenvalue weighted by atomic mass is 10.1. The van der Waals surface area contributed by atoms with Crippen LogP contribution in [0.25, 0.3) is 22.3 Å². The van der Waals surface area contributed by atoms with Gasteiger partial charge in [0.25, 0.3) is 5.91 Å². The lowest BCUT2D eigenvalue weighted by Gasteiger charge is -2.10. The predicted octanol–water partition coefficient (Wildman–Crippen LogP) is 4.35. The van der Waals surface area contributed by atoms with Crippen LogP contribution < -0.4 is 10.7 Å². The zero-order chi connectivity index (χ0) is 22.8. The minimum atomic E-state index is -1.01. The smallest absolute Gasteiger partial charge is 0.307 e. The van der Waals surface area contributed by atoms with Gasteiger partial charge in [0.1, 0.15) is 17.1 Å². The molecule has 0 saturated carbocycles. The average Bonchev–Trinajstić information content (AvgIpc) is 2.76. The van der Waals surface area contributed by atoms with E-state index >= 15 is 0 Å². The highest BCUT2D eigenvalue weighted by molar-refractivity contribution is 6.05. The summed E-state index contributed by atoms with van der Waals surface area (Å²) in [6.45, 7) is 1.90. The standard InChI is InChI=1S/C25H19NO6/c1-14-2-9-22-18(10-14)21(28)13-23(32-22)16-4-6-17(7-5-16)25(31)26-19-11-15(12-24(29)30)3-8-20(19)27/h2-11,13,27H,12H2,1H3,(H,26,31)(H,29,30). The molecule has 7 heteroatoms. The summed E-state index contributed by atoms with van der Waals surface area (Å²) in [6, 6.07) is 17.5. The van der Waals surface area contributed by atoms with Crippen LogP contribution in [0.1, 0.15) is 21.5 Å². The van der Waals surface area contributed by atoms with Crippen molar-refractivity contribution < 1.29 is 24.2 Å². The first kappa shape index (κ1) is 20.9. The molecule has 0 aliphatic rings. The van der Waals surface area contributed by atoms with E-state index in [2.05, 4.69) is 5.32 Å². The molecule has 0 spiro atoms. The number of aliphatic carboxylic acids is 1. The third kappa shape index (κ3) is 4.37. The van der Waals surface area contributed by atoms with Crippen LogP contribution in [0.4, 0.5) is 5.69 Å². The number of anilines is 1. The number of carbonyl (C=O) groups excluding carboxylic acids is 1. The normalized spacial score (nSPS) is 10.8. The first-order valence-electron chi connectivity index (χ1n) is 9.80. The van der Waals surface area contributed by atoms with Crippen LogP contribution in [-0.4, -0.2) is 22.1 Å². The van der Waals surface area contributed by atoms with Gasteiger partial charge in [-0.2, -0.15) is 0 Å². The van der Waals surface area contributed by atoms with Crippen LogP contribution in [-0.2, 0) is 11.2 Å². The Kier molecular flexibility index (Phi) is 5.47. The first-order chi connectivity index (χ1) is 15.3. The number of aryl methyl sites for hydroxylation is 1. The van der Waals surface area contributed by atoms with Gasteiger partial charge in [-0.1, -0.05) is 29.8 Å². The molecule has 4 rings (SSSR count). The van der Waals surface area contributed by atoms with Gasteiger partial charge in [-0.15, -0.1) is 0 Å². The average molecular weight is 429 g/mol. The van der Waals surface area contributed by atoms with Crippen LogP contribution in [0, 0.1) is 6.92 Å². The Bertz CT molecular complexity index is 1400. The monoisotopic (exact) mass is 429 g/mol. The predicted molar refractivity (Wildman–Crippen MR) is 120 cm³/mol. The van der Waals surface area contributed by atoms with E-state index in [-0.39, 0.29) is 23.3 Å². The van der Waals surface area contributed by atoms with E-state index in [1.807, 2.05) is 13.0 Å². The molecular formula is C25H19NO6. The number of aromatic hydroxyl groups is 1. The minimum Gasteiger partial charge on any atom is -0.506 e.